The molecule has 0 amide bonds. The lowest BCUT2D eigenvalue weighted by Gasteiger charge is -2.51. The van der Waals surface area contributed by atoms with E-state index in [1.54, 1.807) is 12.1 Å². The van der Waals surface area contributed by atoms with Gasteiger partial charge in [0.25, 0.3) is 5.89 Å². The number of hydrogen-bond donors (Lipinski definition) is 1. The number of rotatable bonds is 8. The molecule has 1 saturated carbocycles. The number of hydrogen-bond acceptors (Lipinski definition) is 6. The van der Waals surface area contributed by atoms with E-state index in [1.165, 1.54) is 6.42 Å². The predicted octanol–water partition coefficient (Wildman–Crippen LogP) is 4.17. The van der Waals surface area contributed by atoms with Crippen LogP contribution in [0.3, 0.4) is 0 Å². The molecule has 0 spiro atoms. The summed E-state index contributed by atoms with van der Waals surface area (Å²) in [5.41, 5.74) is 0.114. The number of nitrogens with zero attached hydrogens (tertiary/aromatic N) is 2. The maximum atomic E-state index is 5.97. The highest BCUT2D eigenvalue weighted by Crippen LogP contribution is 2.43. The molecule has 0 radical (unpaired) electrons. The van der Waals surface area contributed by atoms with Crippen molar-refractivity contribution in [3.63, 3.8) is 0 Å². The molecule has 2 atom stereocenters. The van der Waals surface area contributed by atoms with E-state index in [0.29, 0.717) is 40.9 Å². The smallest absolute Gasteiger partial charge is 0.283 e. The van der Waals surface area contributed by atoms with Crippen molar-refractivity contribution < 1.29 is 13.6 Å². The van der Waals surface area contributed by atoms with Crippen LogP contribution >= 0.6 is 15.9 Å². The van der Waals surface area contributed by atoms with Gasteiger partial charge in [0, 0.05) is 18.1 Å². The second-order valence-electron chi connectivity index (χ2n) is 6.81. The van der Waals surface area contributed by atoms with Crippen LogP contribution in [0.25, 0.3) is 11.7 Å². The van der Waals surface area contributed by atoms with Gasteiger partial charge in [0.15, 0.2) is 10.4 Å². The summed E-state index contributed by atoms with van der Waals surface area (Å²) in [5.74, 6) is 1.52. The van der Waals surface area contributed by atoms with Crippen molar-refractivity contribution in [3.8, 4) is 11.7 Å². The topological polar surface area (TPSA) is 73.3 Å². The molecule has 0 aliphatic heterocycles. The molecule has 7 heteroatoms. The van der Waals surface area contributed by atoms with Gasteiger partial charge in [-0.1, -0.05) is 27.2 Å². The first-order valence-corrected chi connectivity index (χ1v) is 9.23. The molecule has 6 nitrogen and oxygen atoms in total. The normalized spacial score (nSPS) is 22.5. The first kappa shape index (κ1) is 17.6. The maximum absolute atomic E-state index is 5.97. The van der Waals surface area contributed by atoms with Gasteiger partial charge in [-0.05, 0) is 40.9 Å². The standard InChI is InChI=1S/C17H24BrN3O3/c1-4-5-8-22-13-9-12(17(13,2)3)19-10-15-20-21-16(24-15)11-6-7-14(18)23-11/h6-7,12-13,19H,4-5,8-10H2,1-3H3/t12-,13-/m0/s1. The summed E-state index contributed by atoms with van der Waals surface area (Å²) in [7, 11) is 0. The number of furan rings is 1. The van der Waals surface area contributed by atoms with Crippen LogP contribution in [-0.4, -0.2) is 29.0 Å². The molecule has 3 rings (SSSR count). The Morgan fingerprint density at radius 2 is 2.17 bits per heavy atom. The fourth-order valence-electron chi connectivity index (χ4n) is 2.95. The quantitative estimate of drug-likeness (QED) is 0.673. The molecule has 1 aliphatic rings. The maximum Gasteiger partial charge on any atom is 0.283 e. The fourth-order valence-corrected chi connectivity index (χ4v) is 3.26. The lowest BCUT2D eigenvalue weighted by Crippen LogP contribution is -2.60. The van der Waals surface area contributed by atoms with E-state index in [4.69, 9.17) is 13.6 Å². The van der Waals surface area contributed by atoms with Crippen molar-refractivity contribution in [2.24, 2.45) is 5.41 Å². The molecule has 2 aromatic rings. The molecule has 0 bridgehead atoms. The third-order valence-corrected chi connectivity index (χ3v) is 5.17. The average molecular weight is 398 g/mol. The lowest BCUT2D eigenvalue weighted by atomic mass is 9.64. The van der Waals surface area contributed by atoms with Crippen molar-refractivity contribution in [2.45, 2.75) is 58.7 Å². The van der Waals surface area contributed by atoms with Crippen LogP contribution in [0.2, 0.25) is 0 Å². The molecule has 1 N–H and O–H groups in total. The second kappa shape index (κ2) is 7.37. The van der Waals surface area contributed by atoms with Gasteiger partial charge in [-0.2, -0.15) is 0 Å². The zero-order chi connectivity index (χ0) is 17.2. The lowest BCUT2D eigenvalue weighted by molar-refractivity contribution is -0.118. The number of halogens is 1. The highest BCUT2D eigenvalue weighted by molar-refractivity contribution is 9.10. The number of ether oxygens (including phenoxy) is 1. The molecule has 2 heterocycles. The number of unbranched alkanes of at least 4 members (excludes halogenated alkanes) is 1. The Morgan fingerprint density at radius 1 is 1.33 bits per heavy atom. The third kappa shape index (κ3) is 3.73. The van der Waals surface area contributed by atoms with E-state index >= 15 is 0 Å². The Morgan fingerprint density at radius 3 is 2.83 bits per heavy atom. The van der Waals surface area contributed by atoms with Crippen molar-refractivity contribution in [2.75, 3.05) is 6.61 Å². The summed E-state index contributed by atoms with van der Waals surface area (Å²) in [4.78, 5) is 0. The summed E-state index contributed by atoms with van der Waals surface area (Å²) in [5, 5.41) is 11.6. The fraction of sp³-hybridized carbons (Fsp3) is 0.647. The molecule has 24 heavy (non-hydrogen) atoms. The van der Waals surface area contributed by atoms with Crippen molar-refractivity contribution >= 4 is 15.9 Å². The van der Waals surface area contributed by atoms with Crippen molar-refractivity contribution in [1.82, 2.24) is 15.5 Å². The molecule has 1 aliphatic carbocycles. The van der Waals surface area contributed by atoms with E-state index in [2.05, 4.69) is 52.2 Å². The van der Waals surface area contributed by atoms with Crippen LogP contribution < -0.4 is 5.32 Å². The Hall–Kier alpha value is -1.18. The van der Waals surface area contributed by atoms with Gasteiger partial charge < -0.3 is 18.9 Å². The van der Waals surface area contributed by atoms with Crippen LogP contribution in [0.1, 0.15) is 45.9 Å². The molecule has 2 aromatic heterocycles. The highest BCUT2D eigenvalue weighted by atomic mass is 79.9. The van der Waals surface area contributed by atoms with Gasteiger partial charge in [-0.15, -0.1) is 10.2 Å². The van der Waals surface area contributed by atoms with E-state index in [0.717, 1.165) is 19.4 Å². The van der Waals surface area contributed by atoms with E-state index < -0.39 is 0 Å². The summed E-state index contributed by atoms with van der Waals surface area (Å²) in [6, 6.07) is 3.98. The summed E-state index contributed by atoms with van der Waals surface area (Å²) < 4.78 is 17.7. The molecule has 0 unspecified atom stereocenters. The highest BCUT2D eigenvalue weighted by Gasteiger charge is 2.48. The van der Waals surface area contributed by atoms with Crippen molar-refractivity contribution in [1.29, 1.82) is 0 Å². The third-order valence-electron chi connectivity index (χ3n) is 4.75. The molecular formula is C17H24BrN3O3. The monoisotopic (exact) mass is 397 g/mol. The summed E-state index contributed by atoms with van der Waals surface area (Å²) in [6.45, 7) is 8.06. The Bertz CT molecular complexity index is 668. The van der Waals surface area contributed by atoms with Gasteiger partial charge in [-0.3, -0.25) is 0 Å². The summed E-state index contributed by atoms with van der Waals surface area (Å²) in [6.07, 6.45) is 3.63. The molecular weight excluding hydrogens is 374 g/mol. The van der Waals surface area contributed by atoms with Gasteiger partial charge in [0.05, 0.1) is 12.6 Å². The minimum Gasteiger partial charge on any atom is -0.444 e. The van der Waals surface area contributed by atoms with E-state index in [1.807, 2.05) is 0 Å². The Balaban J connectivity index is 1.49. The van der Waals surface area contributed by atoms with E-state index in [-0.39, 0.29) is 5.41 Å². The SMILES string of the molecule is CCCCO[C@H]1C[C@H](NCc2nnc(-c3ccc(Br)o3)o2)C1(C)C. The van der Waals surface area contributed by atoms with Gasteiger partial charge in [0.1, 0.15) is 0 Å². The van der Waals surface area contributed by atoms with Crippen LogP contribution in [0.5, 0.6) is 0 Å². The minimum absolute atomic E-state index is 0.114. The molecule has 1 fully saturated rings. The summed E-state index contributed by atoms with van der Waals surface area (Å²) >= 11 is 3.26. The molecule has 0 aromatic carbocycles. The molecule has 132 valence electrons. The first-order chi connectivity index (χ1) is 11.5. The van der Waals surface area contributed by atoms with Gasteiger partial charge in [-0.25, -0.2) is 0 Å². The van der Waals surface area contributed by atoms with Gasteiger partial charge in [0.2, 0.25) is 5.89 Å². The Kier molecular flexibility index (Phi) is 5.42. The van der Waals surface area contributed by atoms with Crippen LogP contribution in [0.4, 0.5) is 0 Å². The number of aromatic nitrogens is 2. The first-order valence-electron chi connectivity index (χ1n) is 8.43. The Labute approximate surface area is 150 Å². The number of nitrogens with one attached hydrogen (secondary N) is 1. The van der Waals surface area contributed by atoms with E-state index in [9.17, 15) is 0 Å². The zero-order valence-electron chi connectivity index (χ0n) is 14.3. The van der Waals surface area contributed by atoms with Crippen LogP contribution in [0, 0.1) is 5.41 Å². The van der Waals surface area contributed by atoms with Crippen LogP contribution in [0.15, 0.2) is 25.6 Å². The van der Waals surface area contributed by atoms with Crippen molar-refractivity contribution in [3.05, 3.63) is 22.7 Å². The predicted molar refractivity (Wildman–Crippen MR) is 93.4 cm³/mol. The zero-order valence-corrected chi connectivity index (χ0v) is 15.9. The minimum atomic E-state index is 0.114. The molecule has 0 saturated heterocycles. The second-order valence-corrected chi connectivity index (χ2v) is 7.59. The largest absolute Gasteiger partial charge is 0.444 e. The van der Waals surface area contributed by atoms with Gasteiger partial charge >= 0.3 is 0 Å². The van der Waals surface area contributed by atoms with Crippen LogP contribution in [-0.2, 0) is 11.3 Å². The average Bonchev–Trinajstić information content (AvgIpc) is 3.18.